The van der Waals surface area contributed by atoms with Gasteiger partial charge in [0.05, 0.1) is 19.1 Å². The molecule has 1 amide bonds. The van der Waals surface area contributed by atoms with Gasteiger partial charge in [-0.15, -0.1) is 0 Å². The van der Waals surface area contributed by atoms with Gasteiger partial charge in [-0.2, -0.15) is 0 Å². The number of carbonyl (C=O) groups excluding carboxylic acids is 1. The molecule has 122 valence electrons. The Morgan fingerprint density at radius 3 is 2.35 bits per heavy atom. The Hall–Kier alpha value is -2.33. The molecular weight excluding hydrogens is 290 g/mol. The van der Waals surface area contributed by atoms with E-state index in [1.54, 1.807) is 19.1 Å². The molecule has 0 bridgehead atoms. The summed E-state index contributed by atoms with van der Waals surface area (Å²) in [6.45, 7) is 3.73. The smallest absolute Gasteiger partial charge is 0.224 e. The molecule has 0 aliphatic rings. The second-order valence-corrected chi connectivity index (χ2v) is 5.70. The molecule has 3 N–H and O–H groups in total. The van der Waals surface area contributed by atoms with Gasteiger partial charge in [0, 0.05) is 0 Å². The van der Waals surface area contributed by atoms with Gasteiger partial charge in [0.15, 0.2) is 0 Å². The number of phenols is 1. The lowest BCUT2D eigenvalue weighted by Crippen LogP contribution is -2.31. The molecule has 0 aliphatic carbocycles. The normalized spacial score (nSPS) is 12.0. The number of aromatic hydroxyl groups is 1. The Kier molecular flexibility index (Phi) is 5.77. The Bertz CT molecular complexity index is 665. The molecule has 4 heteroatoms. The van der Waals surface area contributed by atoms with Gasteiger partial charge in [0.1, 0.15) is 5.75 Å². The van der Waals surface area contributed by atoms with Gasteiger partial charge in [-0.25, -0.2) is 0 Å². The summed E-state index contributed by atoms with van der Waals surface area (Å²) in [5.74, 6) is -0.00367. The highest BCUT2D eigenvalue weighted by Gasteiger charge is 2.14. The van der Waals surface area contributed by atoms with Crippen molar-refractivity contribution in [1.29, 1.82) is 0 Å². The molecule has 0 radical (unpaired) electrons. The molecule has 0 aliphatic heterocycles. The van der Waals surface area contributed by atoms with Crippen LogP contribution in [0, 0.1) is 6.92 Å². The van der Waals surface area contributed by atoms with E-state index in [4.69, 9.17) is 0 Å². The van der Waals surface area contributed by atoms with E-state index in [0.717, 1.165) is 23.1 Å². The van der Waals surface area contributed by atoms with Crippen molar-refractivity contribution in [2.75, 3.05) is 6.61 Å². The number of hydrogen-bond acceptors (Lipinski definition) is 3. The van der Waals surface area contributed by atoms with Crippen molar-refractivity contribution in [3.05, 3.63) is 64.7 Å². The molecule has 0 saturated carbocycles. The van der Waals surface area contributed by atoms with E-state index in [1.165, 1.54) is 5.56 Å². The number of aliphatic hydroxyl groups is 1. The number of aryl methyl sites for hydroxylation is 2. The Balaban J connectivity index is 2.02. The maximum absolute atomic E-state index is 12.2. The zero-order valence-electron chi connectivity index (χ0n) is 13.5. The van der Waals surface area contributed by atoms with Crippen molar-refractivity contribution in [2.45, 2.75) is 32.7 Å². The fraction of sp³-hybridized carbons (Fsp3) is 0.316. The first-order chi connectivity index (χ1) is 11.0. The number of amides is 1. The van der Waals surface area contributed by atoms with Crippen LogP contribution in [0.5, 0.6) is 5.75 Å². The maximum atomic E-state index is 12.2. The largest absolute Gasteiger partial charge is 0.508 e. The zero-order chi connectivity index (χ0) is 16.8. The predicted molar refractivity (Wildman–Crippen MR) is 90.3 cm³/mol. The lowest BCUT2D eigenvalue weighted by molar-refractivity contribution is -0.121. The molecular formula is C19H23NO3. The topological polar surface area (TPSA) is 69.6 Å². The second kappa shape index (κ2) is 7.79. The van der Waals surface area contributed by atoms with Crippen LogP contribution in [0.15, 0.2) is 42.5 Å². The van der Waals surface area contributed by atoms with Gasteiger partial charge in [-0.05, 0) is 41.7 Å². The van der Waals surface area contributed by atoms with Crippen molar-refractivity contribution in [3.63, 3.8) is 0 Å². The maximum Gasteiger partial charge on any atom is 0.224 e. The van der Waals surface area contributed by atoms with Gasteiger partial charge in [-0.3, -0.25) is 4.79 Å². The van der Waals surface area contributed by atoms with Crippen LogP contribution in [0.3, 0.4) is 0 Å². The third-order valence-corrected chi connectivity index (χ3v) is 3.95. The van der Waals surface area contributed by atoms with Crippen molar-refractivity contribution < 1.29 is 15.0 Å². The molecule has 1 unspecified atom stereocenters. The third-order valence-electron chi connectivity index (χ3n) is 3.95. The molecule has 0 aromatic heterocycles. The van der Waals surface area contributed by atoms with Crippen molar-refractivity contribution in [3.8, 4) is 5.75 Å². The molecule has 1 atom stereocenters. The van der Waals surface area contributed by atoms with Gasteiger partial charge < -0.3 is 15.5 Å². The zero-order valence-corrected chi connectivity index (χ0v) is 13.5. The highest BCUT2D eigenvalue weighted by Crippen LogP contribution is 2.18. The van der Waals surface area contributed by atoms with Crippen molar-refractivity contribution >= 4 is 5.91 Å². The molecule has 0 heterocycles. The molecule has 2 aromatic carbocycles. The van der Waals surface area contributed by atoms with Gasteiger partial charge in [0.25, 0.3) is 0 Å². The van der Waals surface area contributed by atoms with Crippen LogP contribution in [-0.2, 0) is 17.6 Å². The van der Waals surface area contributed by atoms with E-state index >= 15 is 0 Å². The molecule has 0 fully saturated rings. The summed E-state index contributed by atoms with van der Waals surface area (Å²) in [5.41, 5.74) is 3.61. The first kappa shape index (κ1) is 17.0. The summed E-state index contributed by atoms with van der Waals surface area (Å²) in [6, 6.07) is 12.6. The van der Waals surface area contributed by atoms with Crippen LogP contribution in [0.1, 0.15) is 35.2 Å². The number of aliphatic hydroxyl groups excluding tert-OH is 1. The molecule has 4 nitrogen and oxygen atoms in total. The molecule has 0 spiro atoms. The number of benzene rings is 2. The Labute approximate surface area is 136 Å². The van der Waals surface area contributed by atoms with Crippen molar-refractivity contribution in [2.24, 2.45) is 0 Å². The van der Waals surface area contributed by atoms with Crippen LogP contribution in [0.25, 0.3) is 0 Å². The van der Waals surface area contributed by atoms with Crippen LogP contribution in [0.2, 0.25) is 0 Å². The van der Waals surface area contributed by atoms with Crippen LogP contribution >= 0.6 is 0 Å². The van der Waals surface area contributed by atoms with Crippen LogP contribution in [0.4, 0.5) is 0 Å². The molecule has 2 rings (SSSR count). The SMILES string of the molecule is CCc1ccc(C(CO)NC(=O)Cc2ccc(C)c(O)c2)cc1. The monoisotopic (exact) mass is 313 g/mol. The summed E-state index contributed by atoms with van der Waals surface area (Å²) in [5, 5.41) is 22.1. The number of phenolic OH excluding ortho intramolecular Hbond substituents is 1. The summed E-state index contributed by atoms with van der Waals surface area (Å²) in [6.07, 6.45) is 1.12. The first-order valence-electron chi connectivity index (χ1n) is 7.81. The quantitative estimate of drug-likeness (QED) is 0.768. The first-order valence-corrected chi connectivity index (χ1v) is 7.81. The van der Waals surface area contributed by atoms with E-state index in [-0.39, 0.29) is 24.7 Å². The standard InChI is InChI=1S/C19H23NO3/c1-3-14-6-8-16(9-7-14)17(12-21)20-19(23)11-15-5-4-13(2)18(22)10-15/h4-10,17,21-22H,3,11-12H2,1-2H3,(H,20,23). The van der Waals surface area contributed by atoms with E-state index < -0.39 is 6.04 Å². The number of carbonyl (C=O) groups is 1. The highest BCUT2D eigenvalue weighted by atomic mass is 16.3. The predicted octanol–water partition coefficient (Wildman–Crippen LogP) is 2.66. The molecule has 2 aromatic rings. The molecule has 23 heavy (non-hydrogen) atoms. The minimum Gasteiger partial charge on any atom is -0.508 e. The van der Waals surface area contributed by atoms with E-state index in [1.807, 2.05) is 30.3 Å². The lowest BCUT2D eigenvalue weighted by atomic mass is 10.0. The van der Waals surface area contributed by atoms with Crippen molar-refractivity contribution in [1.82, 2.24) is 5.32 Å². The second-order valence-electron chi connectivity index (χ2n) is 5.70. The fourth-order valence-electron chi connectivity index (χ4n) is 2.42. The van der Waals surface area contributed by atoms with Gasteiger partial charge in [0.2, 0.25) is 5.91 Å². The van der Waals surface area contributed by atoms with E-state index in [0.29, 0.717) is 0 Å². The summed E-state index contributed by atoms with van der Waals surface area (Å²) in [7, 11) is 0. The average molecular weight is 313 g/mol. The minimum atomic E-state index is -0.424. The van der Waals surface area contributed by atoms with Gasteiger partial charge >= 0.3 is 0 Å². The van der Waals surface area contributed by atoms with E-state index in [9.17, 15) is 15.0 Å². The van der Waals surface area contributed by atoms with Gasteiger partial charge in [-0.1, -0.05) is 43.3 Å². The number of nitrogens with one attached hydrogen (secondary N) is 1. The summed E-state index contributed by atoms with van der Waals surface area (Å²) < 4.78 is 0. The Morgan fingerprint density at radius 2 is 1.78 bits per heavy atom. The van der Waals surface area contributed by atoms with Crippen LogP contribution in [-0.4, -0.2) is 22.7 Å². The van der Waals surface area contributed by atoms with E-state index in [2.05, 4.69) is 12.2 Å². The number of hydrogen-bond donors (Lipinski definition) is 3. The minimum absolute atomic E-state index is 0.156. The fourth-order valence-corrected chi connectivity index (χ4v) is 2.42. The third kappa shape index (κ3) is 4.57. The lowest BCUT2D eigenvalue weighted by Gasteiger charge is -2.17. The Morgan fingerprint density at radius 1 is 1.13 bits per heavy atom. The summed E-state index contributed by atoms with van der Waals surface area (Å²) in [4.78, 5) is 12.2. The van der Waals surface area contributed by atoms with Crippen LogP contribution < -0.4 is 5.32 Å². The number of rotatable bonds is 6. The average Bonchev–Trinajstić information content (AvgIpc) is 2.56. The molecule has 0 saturated heterocycles. The summed E-state index contributed by atoms with van der Waals surface area (Å²) >= 11 is 0. The highest BCUT2D eigenvalue weighted by molar-refractivity contribution is 5.79.